The molecule has 0 fully saturated rings. The molecule has 0 radical (unpaired) electrons. The second-order valence-corrected chi connectivity index (χ2v) is 7.36. The average molecular weight is 401 g/mol. The van der Waals surface area contributed by atoms with Crippen LogP contribution in [-0.4, -0.2) is 20.9 Å². The first kappa shape index (κ1) is 17.6. The van der Waals surface area contributed by atoms with E-state index in [0.29, 0.717) is 6.42 Å². The number of carboxylic acid groups (broad SMARTS) is 1. The van der Waals surface area contributed by atoms with E-state index in [1.165, 1.54) is 0 Å². The van der Waals surface area contributed by atoms with Gasteiger partial charge in [0.2, 0.25) is 10.0 Å². The average Bonchev–Trinajstić information content (AvgIpc) is 2.47. The van der Waals surface area contributed by atoms with E-state index in [2.05, 4.69) is 20.7 Å². The van der Waals surface area contributed by atoms with Gasteiger partial charge in [-0.1, -0.05) is 34.1 Å². The van der Waals surface area contributed by atoms with Gasteiger partial charge in [-0.3, -0.25) is 0 Å². The Kier molecular flexibility index (Phi) is 5.51. The van der Waals surface area contributed by atoms with Gasteiger partial charge in [0.15, 0.2) is 0 Å². The Balaban J connectivity index is 2.13. The van der Waals surface area contributed by atoms with E-state index in [-0.39, 0.29) is 6.54 Å². The van der Waals surface area contributed by atoms with Crippen LogP contribution in [0.3, 0.4) is 0 Å². The molecule has 0 saturated carbocycles. The van der Waals surface area contributed by atoms with Crippen LogP contribution in [0.5, 0.6) is 0 Å². The zero-order valence-electron chi connectivity index (χ0n) is 11.8. The first-order valence-electron chi connectivity index (χ1n) is 6.54. The van der Waals surface area contributed by atoms with E-state index < -0.39 is 32.3 Å². The number of sulfonamides is 1. The summed E-state index contributed by atoms with van der Waals surface area (Å²) < 4.78 is 41.0. The van der Waals surface area contributed by atoms with Gasteiger partial charge >= 0.3 is 0 Å². The van der Waals surface area contributed by atoms with E-state index in [9.17, 15) is 22.7 Å². The van der Waals surface area contributed by atoms with Gasteiger partial charge in [-0.2, -0.15) is 0 Å². The number of nitrogens with one attached hydrogen (secondary N) is 1. The van der Waals surface area contributed by atoms with E-state index in [1.807, 2.05) is 24.3 Å². The van der Waals surface area contributed by atoms with Crippen molar-refractivity contribution in [2.75, 3.05) is 6.54 Å². The van der Waals surface area contributed by atoms with Crippen molar-refractivity contribution in [3.8, 4) is 0 Å². The smallest absolute Gasteiger partial charge is 0.243 e. The number of aromatic carboxylic acids is 1. The van der Waals surface area contributed by atoms with Crippen LogP contribution in [0.1, 0.15) is 15.9 Å². The third kappa shape index (κ3) is 4.60. The highest BCUT2D eigenvalue weighted by Crippen LogP contribution is 2.16. The summed E-state index contributed by atoms with van der Waals surface area (Å²) in [6, 6.07) is 9.80. The minimum absolute atomic E-state index is 0.0494. The number of carbonyl (C=O) groups is 1. The molecule has 0 aromatic heterocycles. The van der Waals surface area contributed by atoms with Crippen molar-refractivity contribution in [1.29, 1.82) is 0 Å². The topological polar surface area (TPSA) is 86.3 Å². The molecule has 0 saturated heterocycles. The molecule has 0 atom stereocenters. The van der Waals surface area contributed by atoms with Crippen LogP contribution in [0.2, 0.25) is 0 Å². The number of rotatable bonds is 6. The van der Waals surface area contributed by atoms with Crippen molar-refractivity contribution in [3.63, 3.8) is 0 Å². The van der Waals surface area contributed by atoms with Gasteiger partial charge in [-0.25, -0.2) is 17.5 Å². The number of hydrogen-bond donors (Lipinski definition) is 1. The molecule has 1 N–H and O–H groups in total. The lowest BCUT2D eigenvalue weighted by molar-refractivity contribution is -0.255. The molecule has 0 unspecified atom stereocenters. The standard InChI is InChI=1S/C15H13BrFNO4S/c16-12-3-1-2-10(8-12)6-7-18-23(21,22)14-9-11(15(19)20)4-5-13(14)17/h1-5,8-9,18H,6-7H2,(H,19,20)/p-1. The predicted molar refractivity (Wildman–Crippen MR) is 83.8 cm³/mol. The number of benzene rings is 2. The van der Waals surface area contributed by atoms with Crippen molar-refractivity contribution >= 4 is 31.9 Å². The van der Waals surface area contributed by atoms with Crippen LogP contribution in [-0.2, 0) is 16.4 Å². The van der Waals surface area contributed by atoms with Crippen molar-refractivity contribution < 1.29 is 22.7 Å². The van der Waals surface area contributed by atoms with Gasteiger partial charge in [0, 0.05) is 11.0 Å². The second-order valence-electron chi connectivity index (χ2n) is 4.71. The molecule has 8 heteroatoms. The Labute approximate surface area is 141 Å². The maximum atomic E-state index is 13.7. The quantitative estimate of drug-likeness (QED) is 0.795. The lowest BCUT2D eigenvalue weighted by Gasteiger charge is -2.10. The summed E-state index contributed by atoms with van der Waals surface area (Å²) in [6.45, 7) is 0.0494. The Morgan fingerprint density at radius 3 is 2.61 bits per heavy atom. The number of halogens is 2. The molecule has 2 aromatic rings. The van der Waals surface area contributed by atoms with Crippen molar-refractivity contribution in [2.45, 2.75) is 11.3 Å². The molecule has 0 amide bonds. The van der Waals surface area contributed by atoms with Gasteiger partial charge in [0.05, 0.1) is 5.97 Å². The fourth-order valence-corrected chi connectivity index (χ4v) is 3.52. The first-order valence-corrected chi connectivity index (χ1v) is 8.82. The van der Waals surface area contributed by atoms with Gasteiger partial charge in [0.1, 0.15) is 10.7 Å². The summed E-state index contributed by atoms with van der Waals surface area (Å²) in [5, 5.41) is 10.8. The van der Waals surface area contributed by atoms with E-state index >= 15 is 0 Å². The van der Waals surface area contributed by atoms with Crippen LogP contribution in [0, 0.1) is 5.82 Å². The first-order chi connectivity index (χ1) is 10.8. The van der Waals surface area contributed by atoms with Crippen LogP contribution >= 0.6 is 15.9 Å². The highest BCUT2D eigenvalue weighted by molar-refractivity contribution is 9.10. The summed E-state index contributed by atoms with van der Waals surface area (Å²) in [7, 11) is -4.16. The summed E-state index contributed by atoms with van der Waals surface area (Å²) in [5.41, 5.74) is 0.491. The number of carbonyl (C=O) groups excluding carboxylic acids is 1. The summed E-state index contributed by atoms with van der Waals surface area (Å²) in [5.74, 6) is -2.60. The van der Waals surface area contributed by atoms with Crippen LogP contribution < -0.4 is 9.83 Å². The minimum Gasteiger partial charge on any atom is -0.545 e. The lowest BCUT2D eigenvalue weighted by Crippen LogP contribution is -2.28. The van der Waals surface area contributed by atoms with Gasteiger partial charge in [-0.15, -0.1) is 0 Å². The van der Waals surface area contributed by atoms with Gasteiger partial charge in [0.25, 0.3) is 0 Å². The molecule has 0 aliphatic carbocycles. The highest BCUT2D eigenvalue weighted by atomic mass is 79.9. The van der Waals surface area contributed by atoms with Crippen molar-refractivity contribution in [3.05, 3.63) is 63.9 Å². The molecule has 0 heterocycles. The van der Waals surface area contributed by atoms with Crippen molar-refractivity contribution in [2.24, 2.45) is 0 Å². The molecular weight excluding hydrogens is 389 g/mol. The number of carboxylic acids is 1. The fourth-order valence-electron chi connectivity index (χ4n) is 1.94. The molecular formula is C15H12BrFNO4S-. The van der Waals surface area contributed by atoms with Crippen LogP contribution in [0.15, 0.2) is 51.8 Å². The molecule has 2 rings (SSSR count). The Morgan fingerprint density at radius 1 is 1.22 bits per heavy atom. The van der Waals surface area contributed by atoms with Gasteiger partial charge in [-0.05, 0) is 41.8 Å². The fraction of sp³-hybridized carbons (Fsp3) is 0.133. The summed E-state index contributed by atoms with van der Waals surface area (Å²) >= 11 is 3.31. The largest absolute Gasteiger partial charge is 0.545 e. The summed E-state index contributed by atoms with van der Waals surface area (Å²) in [4.78, 5) is 10.1. The minimum atomic E-state index is -4.16. The van der Waals surface area contributed by atoms with E-state index in [1.54, 1.807) is 0 Å². The molecule has 0 bridgehead atoms. The third-order valence-corrected chi connectivity index (χ3v) is 5.02. The lowest BCUT2D eigenvalue weighted by atomic mass is 10.2. The maximum absolute atomic E-state index is 13.7. The summed E-state index contributed by atoms with van der Waals surface area (Å²) in [6.07, 6.45) is 0.403. The van der Waals surface area contributed by atoms with Crippen LogP contribution in [0.25, 0.3) is 0 Å². The zero-order chi connectivity index (χ0) is 17.0. The monoisotopic (exact) mass is 400 g/mol. The zero-order valence-corrected chi connectivity index (χ0v) is 14.2. The normalized spacial score (nSPS) is 11.4. The van der Waals surface area contributed by atoms with Gasteiger partial charge < -0.3 is 9.90 Å². The Morgan fingerprint density at radius 2 is 1.96 bits per heavy atom. The maximum Gasteiger partial charge on any atom is 0.243 e. The molecule has 0 aliphatic heterocycles. The molecule has 23 heavy (non-hydrogen) atoms. The molecule has 2 aromatic carbocycles. The molecule has 0 spiro atoms. The Hall–Kier alpha value is -1.77. The highest BCUT2D eigenvalue weighted by Gasteiger charge is 2.19. The Bertz CT molecular complexity index is 839. The molecule has 5 nitrogen and oxygen atoms in total. The second kappa shape index (κ2) is 7.20. The van der Waals surface area contributed by atoms with Crippen LogP contribution in [0.4, 0.5) is 4.39 Å². The van der Waals surface area contributed by atoms with E-state index in [4.69, 9.17) is 0 Å². The number of hydrogen-bond acceptors (Lipinski definition) is 4. The predicted octanol–water partition coefficient (Wildman–Crippen LogP) is 1.47. The SMILES string of the molecule is O=C([O-])c1ccc(F)c(S(=O)(=O)NCCc2cccc(Br)c2)c1. The molecule has 0 aliphatic rings. The van der Waals surface area contributed by atoms with E-state index in [0.717, 1.165) is 28.2 Å². The molecule has 122 valence electrons. The van der Waals surface area contributed by atoms with Crippen molar-refractivity contribution in [1.82, 2.24) is 4.72 Å². The third-order valence-electron chi connectivity index (χ3n) is 3.05.